The maximum absolute atomic E-state index is 9.35. The van der Waals surface area contributed by atoms with E-state index in [-0.39, 0.29) is 0 Å². The van der Waals surface area contributed by atoms with Crippen molar-refractivity contribution in [3.05, 3.63) is 29.8 Å². The summed E-state index contributed by atoms with van der Waals surface area (Å²) >= 11 is 1.86. The summed E-state index contributed by atoms with van der Waals surface area (Å²) in [7, 11) is 2.12. The predicted molar refractivity (Wildman–Crippen MR) is 67.4 cm³/mol. The van der Waals surface area contributed by atoms with Gasteiger partial charge in [0.1, 0.15) is 5.75 Å². The molecule has 15 heavy (non-hydrogen) atoms. The monoisotopic (exact) mass is 225 g/mol. The summed E-state index contributed by atoms with van der Waals surface area (Å²) in [5, 5.41) is 9.35. The van der Waals surface area contributed by atoms with Crippen LogP contribution in [0.3, 0.4) is 0 Å². The van der Waals surface area contributed by atoms with Gasteiger partial charge in [-0.05, 0) is 37.9 Å². The van der Waals surface area contributed by atoms with Crippen LogP contribution in [0.25, 0.3) is 0 Å². The van der Waals surface area contributed by atoms with Gasteiger partial charge < -0.3 is 5.11 Å². The lowest BCUT2D eigenvalue weighted by Gasteiger charge is -2.24. The van der Waals surface area contributed by atoms with Crippen molar-refractivity contribution >= 4 is 11.8 Å². The number of hydrogen-bond acceptors (Lipinski definition) is 3. The van der Waals surface area contributed by atoms with Gasteiger partial charge in [0.15, 0.2) is 0 Å². The zero-order valence-corrected chi connectivity index (χ0v) is 10.4. The normalized spacial score (nSPS) is 13.1. The van der Waals surface area contributed by atoms with Gasteiger partial charge in [0.2, 0.25) is 0 Å². The highest BCUT2D eigenvalue weighted by Crippen LogP contribution is 2.14. The fraction of sp³-hybridized carbons (Fsp3) is 0.500. The summed E-state index contributed by atoms with van der Waals surface area (Å²) in [5.41, 5.74) is 1.16. The van der Waals surface area contributed by atoms with Crippen molar-refractivity contribution in [1.29, 1.82) is 0 Å². The largest absolute Gasteiger partial charge is 0.508 e. The molecule has 0 bridgehead atoms. The summed E-state index contributed by atoms with van der Waals surface area (Å²) in [4.78, 5) is 2.30. The standard InChI is InChI=1S/C12H19NOS/c1-10(9-15-3)13(2)8-11-5-4-6-12(14)7-11/h4-7,10,14H,8-9H2,1-3H3/t10-/m1/s1. The molecular formula is C12H19NOS. The molecule has 1 N–H and O–H groups in total. The van der Waals surface area contributed by atoms with Gasteiger partial charge in [-0.15, -0.1) is 0 Å². The van der Waals surface area contributed by atoms with Gasteiger partial charge >= 0.3 is 0 Å². The van der Waals surface area contributed by atoms with Crippen LogP contribution in [0, 0.1) is 0 Å². The van der Waals surface area contributed by atoms with Crippen molar-refractivity contribution in [2.45, 2.75) is 19.5 Å². The summed E-state index contributed by atoms with van der Waals surface area (Å²) in [6.07, 6.45) is 2.12. The van der Waals surface area contributed by atoms with Crippen LogP contribution in [-0.4, -0.2) is 35.1 Å². The van der Waals surface area contributed by atoms with Crippen molar-refractivity contribution in [3.8, 4) is 5.75 Å². The van der Waals surface area contributed by atoms with Crippen LogP contribution in [0.1, 0.15) is 12.5 Å². The molecule has 0 saturated carbocycles. The molecule has 0 spiro atoms. The number of phenols is 1. The van der Waals surface area contributed by atoms with E-state index in [2.05, 4.69) is 25.1 Å². The second kappa shape index (κ2) is 6.03. The van der Waals surface area contributed by atoms with Gasteiger partial charge in [0, 0.05) is 18.3 Å². The Balaban J connectivity index is 2.54. The van der Waals surface area contributed by atoms with Crippen molar-refractivity contribution in [2.75, 3.05) is 19.1 Å². The Labute approximate surface area is 96.3 Å². The van der Waals surface area contributed by atoms with Crippen LogP contribution in [-0.2, 0) is 6.54 Å². The van der Waals surface area contributed by atoms with E-state index in [1.807, 2.05) is 30.0 Å². The third-order valence-electron chi connectivity index (χ3n) is 2.50. The first-order chi connectivity index (χ1) is 7.13. The molecule has 2 nitrogen and oxygen atoms in total. The zero-order valence-electron chi connectivity index (χ0n) is 9.60. The molecule has 0 aromatic heterocycles. The average Bonchev–Trinajstić information content (AvgIpc) is 2.18. The quantitative estimate of drug-likeness (QED) is 0.833. The van der Waals surface area contributed by atoms with E-state index in [0.29, 0.717) is 11.8 Å². The number of benzene rings is 1. The first-order valence-electron chi connectivity index (χ1n) is 5.10. The molecule has 0 radical (unpaired) electrons. The van der Waals surface area contributed by atoms with Gasteiger partial charge in [-0.3, -0.25) is 4.90 Å². The maximum Gasteiger partial charge on any atom is 0.115 e. The number of hydrogen-bond donors (Lipinski definition) is 1. The van der Waals surface area contributed by atoms with Crippen LogP contribution in [0.5, 0.6) is 5.75 Å². The van der Waals surface area contributed by atoms with Crippen LogP contribution < -0.4 is 0 Å². The smallest absolute Gasteiger partial charge is 0.115 e. The molecule has 0 aliphatic heterocycles. The Morgan fingerprint density at radius 1 is 1.47 bits per heavy atom. The molecule has 0 aliphatic rings. The molecule has 3 heteroatoms. The molecule has 84 valence electrons. The van der Waals surface area contributed by atoms with Gasteiger partial charge in [-0.25, -0.2) is 0 Å². The molecule has 0 aliphatic carbocycles. The Morgan fingerprint density at radius 2 is 2.20 bits per heavy atom. The minimum Gasteiger partial charge on any atom is -0.508 e. The number of thioether (sulfide) groups is 1. The van der Waals surface area contributed by atoms with Gasteiger partial charge in [-0.2, -0.15) is 11.8 Å². The Kier molecular flexibility index (Phi) is 4.99. The lowest BCUT2D eigenvalue weighted by molar-refractivity contribution is 0.269. The summed E-state index contributed by atoms with van der Waals surface area (Å²) in [6.45, 7) is 3.11. The fourth-order valence-electron chi connectivity index (χ4n) is 1.47. The molecule has 0 heterocycles. The van der Waals surface area contributed by atoms with Crippen LogP contribution in [0.2, 0.25) is 0 Å². The van der Waals surface area contributed by atoms with E-state index >= 15 is 0 Å². The number of aromatic hydroxyl groups is 1. The molecular weight excluding hydrogens is 206 g/mol. The number of phenolic OH excluding ortho intramolecular Hbond substituents is 1. The minimum atomic E-state index is 0.346. The van der Waals surface area contributed by atoms with E-state index in [0.717, 1.165) is 17.9 Å². The first-order valence-corrected chi connectivity index (χ1v) is 6.50. The van der Waals surface area contributed by atoms with Crippen LogP contribution in [0.4, 0.5) is 0 Å². The van der Waals surface area contributed by atoms with E-state index in [4.69, 9.17) is 0 Å². The van der Waals surface area contributed by atoms with Crippen molar-refractivity contribution < 1.29 is 5.11 Å². The summed E-state index contributed by atoms with van der Waals surface area (Å²) < 4.78 is 0. The SMILES string of the molecule is CSC[C@@H](C)N(C)Cc1cccc(O)c1. The molecule has 0 fully saturated rings. The molecule has 1 rings (SSSR count). The number of rotatable bonds is 5. The van der Waals surface area contributed by atoms with Gasteiger partial charge in [0.25, 0.3) is 0 Å². The Hall–Kier alpha value is -0.670. The average molecular weight is 225 g/mol. The van der Waals surface area contributed by atoms with Crippen LogP contribution >= 0.6 is 11.8 Å². The third kappa shape index (κ3) is 4.14. The second-order valence-electron chi connectivity index (χ2n) is 3.89. The fourth-order valence-corrected chi connectivity index (χ4v) is 2.20. The molecule has 1 atom stereocenters. The number of nitrogens with zero attached hydrogens (tertiary/aromatic N) is 1. The van der Waals surface area contributed by atoms with E-state index in [1.165, 1.54) is 0 Å². The molecule has 0 saturated heterocycles. The Morgan fingerprint density at radius 3 is 2.80 bits per heavy atom. The summed E-state index contributed by atoms with van der Waals surface area (Å²) in [5.74, 6) is 1.48. The molecule has 0 amide bonds. The molecule has 0 unspecified atom stereocenters. The van der Waals surface area contributed by atoms with E-state index in [1.54, 1.807) is 6.07 Å². The van der Waals surface area contributed by atoms with Crippen LogP contribution in [0.15, 0.2) is 24.3 Å². The summed E-state index contributed by atoms with van der Waals surface area (Å²) in [6, 6.07) is 8.01. The molecule has 1 aromatic carbocycles. The lowest BCUT2D eigenvalue weighted by atomic mass is 10.2. The lowest BCUT2D eigenvalue weighted by Crippen LogP contribution is -2.30. The second-order valence-corrected chi connectivity index (χ2v) is 4.80. The minimum absolute atomic E-state index is 0.346. The third-order valence-corrected chi connectivity index (χ3v) is 3.32. The zero-order chi connectivity index (χ0) is 11.3. The Bertz CT molecular complexity index is 303. The highest BCUT2D eigenvalue weighted by Gasteiger charge is 2.08. The van der Waals surface area contributed by atoms with Crippen molar-refractivity contribution in [1.82, 2.24) is 4.90 Å². The van der Waals surface area contributed by atoms with Crippen molar-refractivity contribution in [3.63, 3.8) is 0 Å². The maximum atomic E-state index is 9.35. The van der Waals surface area contributed by atoms with Gasteiger partial charge in [0.05, 0.1) is 0 Å². The van der Waals surface area contributed by atoms with Crippen molar-refractivity contribution in [2.24, 2.45) is 0 Å². The van der Waals surface area contributed by atoms with E-state index in [9.17, 15) is 5.11 Å². The van der Waals surface area contributed by atoms with E-state index < -0.39 is 0 Å². The molecule has 1 aromatic rings. The topological polar surface area (TPSA) is 23.5 Å². The van der Waals surface area contributed by atoms with Gasteiger partial charge in [-0.1, -0.05) is 12.1 Å². The predicted octanol–water partition coefficient (Wildman–Crippen LogP) is 2.58. The first kappa shape index (κ1) is 12.4. The highest BCUT2D eigenvalue weighted by atomic mass is 32.2. The highest BCUT2D eigenvalue weighted by molar-refractivity contribution is 7.98.